The van der Waals surface area contributed by atoms with E-state index in [9.17, 15) is 0 Å². The highest BCUT2D eigenvalue weighted by molar-refractivity contribution is 7.13. The second-order valence-electron chi connectivity index (χ2n) is 5.44. The first-order valence-electron chi connectivity index (χ1n) is 7.58. The third-order valence-corrected chi connectivity index (χ3v) is 4.76. The highest BCUT2D eigenvalue weighted by Gasteiger charge is 2.17. The third-order valence-electron chi connectivity index (χ3n) is 3.89. The number of imidazole rings is 1. The molecule has 0 unspecified atom stereocenters. The number of hydrogen-bond acceptors (Lipinski definition) is 5. The van der Waals surface area contributed by atoms with E-state index in [1.165, 1.54) is 0 Å². The minimum atomic E-state index is 0.573. The number of nitrogens with zero attached hydrogens (tertiary/aromatic N) is 4. The average molecular weight is 332 g/mol. The van der Waals surface area contributed by atoms with Crippen LogP contribution in [0.4, 0.5) is 0 Å². The third kappa shape index (κ3) is 2.11. The molecule has 0 saturated carbocycles. The van der Waals surface area contributed by atoms with Gasteiger partial charge in [-0.3, -0.25) is 4.57 Å². The van der Waals surface area contributed by atoms with Crippen molar-refractivity contribution in [2.75, 3.05) is 0 Å². The van der Waals surface area contributed by atoms with Crippen LogP contribution < -0.4 is 0 Å². The van der Waals surface area contributed by atoms with Gasteiger partial charge in [-0.15, -0.1) is 11.3 Å². The summed E-state index contributed by atoms with van der Waals surface area (Å²) in [5.74, 6) is 1.73. The van der Waals surface area contributed by atoms with E-state index in [0.717, 1.165) is 33.1 Å². The van der Waals surface area contributed by atoms with Crippen molar-refractivity contribution in [1.29, 1.82) is 0 Å². The zero-order valence-corrected chi connectivity index (χ0v) is 13.4. The Balaban J connectivity index is 1.80. The van der Waals surface area contributed by atoms with E-state index < -0.39 is 0 Å². The zero-order chi connectivity index (χ0) is 15.9. The van der Waals surface area contributed by atoms with Crippen LogP contribution in [0.3, 0.4) is 0 Å². The van der Waals surface area contributed by atoms with Gasteiger partial charge in [0.1, 0.15) is 5.76 Å². The van der Waals surface area contributed by atoms with Crippen molar-refractivity contribution in [3.63, 3.8) is 0 Å². The van der Waals surface area contributed by atoms with Gasteiger partial charge in [0.05, 0.1) is 28.7 Å². The Morgan fingerprint density at radius 2 is 1.79 bits per heavy atom. The smallest absolute Gasteiger partial charge is 0.198 e. The second kappa shape index (κ2) is 5.28. The largest absolute Gasteiger partial charge is 0.467 e. The minimum absolute atomic E-state index is 0.573. The SMILES string of the molecule is c1coc(Cn2c(-c3cccs3)nc3nc4ccccc4nc32)c1. The molecule has 5 nitrogen and oxygen atoms in total. The van der Waals surface area contributed by atoms with Crippen LogP contribution in [0.5, 0.6) is 0 Å². The van der Waals surface area contributed by atoms with Crippen LogP contribution in [-0.4, -0.2) is 19.5 Å². The van der Waals surface area contributed by atoms with Gasteiger partial charge < -0.3 is 4.42 Å². The Morgan fingerprint density at radius 3 is 2.54 bits per heavy atom. The van der Waals surface area contributed by atoms with Gasteiger partial charge in [-0.25, -0.2) is 15.0 Å². The number of para-hydroxylation sites is 2. The second-order valence-corrected chi connectivity index (χ2v) is 6.39. The van der Waals surface area contributed by atoms with Gasteiger partial charge in [-0.2, -0.15) is 0 Å². The summed E-state index contributed by atoms with van der Waals surface area (Å²) < 4.78 is 7.59. The molecule has 4 heterocycles. The molecule has 116 valence electrons. The van der Waals surface area contributed by atoms with E-state index in [4.69, 9.17) is 14.4 Å². The zero-order valence-electron chi connectivity index (χ0n) is 12.6. The first-order chi connectivity index (χ1) is 11.9. The van der Waals surface area contributed by atoms with Crippen molar-refractivity contribution in [1.82, 2.24) is 19.5 Å². The predicted molar refractivity (Wildman–Crippen MR) is 94.0 cm³/mol. The summed E-state index contributed by atoms with van der Waals surface area (Å²) in [5, 5.41) is 2.04. The number of rotatable bonds is 3. The molecular formula is C18H12N4OS. The molecule has 1 aromatic carbocycles. The topological polar surface area (TPSA) is 56.7 Å². The molecule has 0 saturated heterocycles. The van der Waals surface area contributed by atoms with Gasteiger partial charge in [0.2, 0.25) is 0 Å². The monoisotopic (exact) mass is 332 g/mol. The fourth-order valence-corrected chi connectivity index (χ4v) is 3.52. The summed E-state index contributed by atoms with van der Waals surface area (Å²) in [6, 6.07) is 15.8. The first kappa shape index (κ1) is 13.4. The maximum Gasteiger partial charge on any atom is 0.198 e. The molecule has 6 heteroatoms. The lowest BCUT2D eigenvalue weighted by Gasteiger charge is -2.05. The summed E-state index contributed by atoms with van der Waals surface area (Å²) >= 11 is 1.65. The maximum absolute atomic E-state index is 5.52. The number of aromatic nitrogens is 4. The number of hydrogen-bond donors (Lipinski definition) is 0. The molecule has 0 fully saturated rings. The molecule has 24 heavy (non-hydrogen) atoms. The summed E-state index contributed by atoms with van der Waals surface area (Å²) in [5.41, 5.74) is 3.14. The molecule has 0 aliphatic heterocycles. The molecule has 0 bridgehead atoms. The van der Waals surface area contributed by atoms with Crippen molar-refractivity contribution in [2.45, 2.75) is 6.54 Å². The van der Waals surface area contributed by atoms with Crippen LogP contribution in [0.2, 0.25) is 0 Å². The van der Waals surface area contributed by atoms with Crippen molar-refractivity contribution < 1.29 is 4.42 Å². The Morgan fingerprint density at radius 1 is 0.917 bits per heavy atom. The normalized spacial score (nSPS) is 11.5. The molecule has 0 N–H and O–H groups in total. The van der Waals surface area contributed by atoms with E-state index in [1.54, 1.807) is 17.6 Å². The summed E-state index contributed by atoms with van der Waals surface area (Å²) in [7, 11) is 0. The van der Waals surface area contributed by atoms with Crippen molar-refractivity contribution in [2.24, 2.45) is 0 Å². The molecule has 4 aromatic heterocycles. The van der Waals surface area contributed by atoms with Gasteiger partial charge in [-0.1, -0.05) is 18.2 Å². The van der Waals surface area contributed by atoms with Crippen molar-refractivity contribution in [3.05, 3.63) is 65.9 Å². The highest BCUT2D eigenvalue weighted by atomic mass is 32.1. The number of furan rings is 1. The van der Waals surface area contributed by atoms with Gasteiger partial charge in [0, 0.05) is 0 Å². The van der Waals surface area contributed by atoms with Gasteiger partial charge >= 0.3 is 0 Å². The van der Waals surface area contributed by atoms with E-state index in [-0.39, 0.29) is 0 Å². The lowest BCUT2D eigenvalue weighted by Crippen LogP contribution is -2.02. The molecule has 0 aliphatic rings. The van der Waals surface area contributed by atoms with Crippen molar-refractivity contribution >= 4 is 33.7 Å². The number of benzene rings is 1. The molecule has 5 aromatic rings. The lowest BCUT2D eigenvalue weighted by atomic mass is 10.3. The quantitative estimate of drug-likeness (QED) is 0.493. The molecular weight excluding hydrogens is 320 g/mol. The van der Waals surface area contributed by atoms with E-state index in [0.29, 0.717) is 12.2 Å². The highest BCUT2D eigenvalue weighted by Crippen LogP contribution is 2.28. The fourth-order valence-electron chi connectivity index (χ4n) is 2.80. The fraction of sp³-hybridized carbons (Fsp3) is 0.0556. The van der Waals surface area contributed by atoms with Gasteiger partial charge in [0.25, 0.3) is 0 Å². The van der Waals surface area contributed by atoms with Gasteiger partial charge in [-0.05, 0) is 35.7 Å². The van der Waals surface area contributed by atoms with E-state index in [1.807, 2.05) is 47.8 Å². The average Bonchev–Trinajstić information content (AvgIpc) is 3.35. The Labute approximate surface area is 141 Å². The number of thiophene rings is 1. The summed E-state index contributed by atoms with van der Waals surface area (Å²) in [6.45, 7) is 0.573. The Bertz CT molecular complexity index is 1130. The van der Waals surface area contributed by atoms with E-state index >= 15 is 0 Å². The van der Waals surface area contributed by atoms with Crippen LogP contribution in [0.25, 0.3) is 33.0 Å². The van der Waals surface area contributed by atoms with Crippen LogP contribution in [0, 0.1) is 0 Å². The maximum atomic E-state index is 5.52. The van der Waals surface area contributed by atoms with Crippen LogP contribution in [0.15, 0.2) is 64.6 Å². The summed E-state index contributed by atoms with van der Waals surface area (Å²) in [4.78, 5) is 15.3. The Kier molecular flexibility index (Phi) is 2.96. The lowest BCUT2D eigenvalue weighted by molar-refractivity contribution is 0.497. The number of fused-ring (bicyclic) bond motifs is 2. The minimum Gasteiger partial charge on any atom is -0.467 e. The molecule has 0 aliphatic carbocycles. The molecule has 5 rings (SSSR count). The van der Waals surface area contributed by atoms with Crippen LogP contribution >= 0.6 is 11.3 Å². The predicted octanol–water partition coefficient (Wildman–Crippen LogP) is 4.35. The Hall–Kier alpha value is -2.99. The van der Waals surface area contributed by atoms with Crippen molar-refractivity contribution in [3.8, 4) is 10.7 Å². The summed E-state index contributed by atoms with van der Waals surface area (Å²) in [6.07, 6.45) is 1.68. The molecule has 0 spiro atoms. The standard InChI is InChI=1S/C18H12N4OS/c1-2-7-14-13(6-1)19-16-18(20-14)22(11-12-5-3-9-23-12)17(21-16)15-8-4-10-24-15/h1-10H,11H2. The molecule has 0 amide bonds. The first-order valence-corrected chi connectivity index (χ1v) is 8.46. The van der Waals surface area contributed by atoms with Gasteiger partial charge in [0.15, 0.2) is 17.1 Å². The molecule has 0 radical (unpaired) electrons. The molecule has 0 atom stereocenters. The van der Waals surface area contributed by atoms with Crippen LogP contribution in [-0.2, 0) is 6.54 Å². The van der Waals surface area contributed by atoms with Crippen LogP contribution in [0.1, 0.15) is 5.76 Å². The van der Waals surface area contributed by atoms with E-state index in [2.05, 4.69) is 15.6 Å².